The Bertz CT molecular complexity index is 1050. The molecule has 8 heteroatoms. The average Bonchev–Trinajstić information content (AvgIpc) is 3.17. The average molecular weight is 476 g/mol. The number of aromatic nitrogens is 1. The van der Waals surface area contributed by atoms with E-state index in [2.05, 4.69) is 40.6 Å². The molecule has 0 amide bonds. The van der Waals surface area contributed by atoms with Crippen LogP contribution in [-0.2, 0) is 16.4 Å². The molecule has 32 heavy (non-hydrogen) atoms. The third-order valence-electron chi connectivity index (χ3n) is 5.40. The van der Waals surface area contributed by atoms with Gasteiger partial charge in [0.15, 0.2) is 0 Å². The van der Waals surface area contributed by atoms with Gasteiger partial charge >= 0.3 is 0 Å². The third-order valence-corrected chi connectivity index (χ3v) is 7.04. The van der Waals surface area contributed by atoms with Gasteiger partial charge in [-0.05, 0) is 55.1 Å². The lowest BCUT2D eigenvalue weighted by Gasteiger charge is -2.25. The number of thiazole rings is 1. The van der Waals surface area contributed by atoms with Crippen LogP contribution < -0.4 is 9.46 Å². The number of ether oxygens (including phenoxy) is 1. The zero-order valence-electron chi connectivity index (χ0n) is 19.1. The van der Waals surface area contributed by atoms with Crippen LogP contribution in [0.15, 0.2) is 48.5 Å². The van der Waals surface area contributed by atoms with E-state index in [1.54, 1.807) is 11.3 Å². The summed E-state index contributed by atoms with van der Waals surface area (Å²) >= 11 is 1.55. The molecule has 1 atom stereocenters. The first-order valence-electron chi connectivity index (χ1n) is 11.1. The van der Waals surface area contributed by atoms with Crippen LogP contribution >= 0.6 is 11.3 Å². The minimum atomic E-state index is -3.12. The molecule has 0 aliphatic heterocycles. The minimum absolute atomic E-state index is 0.480. The van der Waals surface area contributed by atoms with Crippen LogP contribution in [0.1, 0.15) is 32.3 Å². The number of benzene rings is 2. The first kappa shape index (κ1) is 24.6. The van der Waals surface area contributed by atoms with E-state index < -0.39 is 10.0 Å². The van der Waals surface area contributed by atoms with E-state index in [4.69, 9.17) is 4.74 Å². The second kappa shape index (κ2) is 11.7. The molecule has 0 saturated heterocycles. The number of hydrogen-bond acceptors (Lipinski definition) is 6. The Balaban J connectivity index is 1.52. The predicted octanol–water partition coefficient (Wildman–Crippen LogP) is 4.92. The van der Waals surface area contributed by atoms with E-state index in [1.165, 1.54) is 11.8 Å². The summed E-state index contributed by atoms with van der Waals surface area (Å²) in [6.07, 6.45) is 4.08. The number of nitrogens with zero attached hydrogens (tertiary/aromatic N) is 2. The highest BCUT2D eigenvalue weighted by Crippen LogP contribution is 2.31. The molecule has 0 bridgehead atoms. The molecule has 3 rings (SSSR count). The van der Waals surface area contributed by atoms with E-state index in [-0.39, 0.29) is 0 Å². The van der Waals surface area contributed by atoms with Gasteiger partial charge in [-0.25, -0.2) is 18.1 Å². The number of para-hydroxylation sites is 1. The van der Waals surface area contributed by atoms with Gasteiger partial charge in [0.25, 0.3) is 5.19 Å². The molecular formula is C24H33N3O3S2. The van der Waals surface area contributed by atoms with Crippen molar-refractivity contribution in [2.24, 2.45) is 5.92 Å². The summed E-state index contributed by atoms with van der Waals surface area (Å²) < 4.78 is 32.2. The smallest absolute Gasteiger partial charge is 0.279 e. The van der Waals surface area contributed by atoms with Gasteiger partial charge in [0.2, 0.25) is 10.0 Å². The van der Waals surface area contributed by atoms with Crippen LogP contribution in [0.3, 0.4) is 0 Å². The number of nitrogens with one attached hydrogen (secondary N) is 1. The molecule has 2 aromatic carbocycles. The molecule has 6 nitrogen and oxygen atoms in total. The second-order valence-corrected chi connectivity index (χ2v) is 11.1. The normalized spacial score (nSPS) is 13.0. The molecule has 0 saturated carbocycles. The summed E-state index contributed by atoms with van der Waals surface area (Å²) in [5.41, 5.74) is 2.21. The fraction of sp³-hybridized carbons (Fsp3) is 0.458. The van der Waals surface area contributed by atoms with E-state index >= 15 is 0 Å². The molecule has 0 fully saturated rings. The van der Waals surface area contributed by atoms with Crippen molar-refractivity contribution in [2.75, 3.05) is 32.4 Å². The maximum absolute atomic E-state index is 11.3. The fourth-order valence-electron chi connectivity index (χ4n) is 3.43. The van der Waals surface area contributed by atoms with Crippen molar-refractivity contribution in [2.45, 2.75) is 33.1 Å². The lowest BCUT2D eigenvalue weighted by atomic mass is 10.1. The zero-order chi connectivity index (χ0) is 23.0. The topological polar surface area (TPSA) is 71.5 Å². The van der Waals surface area contributed by atoms with E-state index in [0.29, 0.717) is 17.7 Å². The largest absolute Gasteiger partial charge is 0.431 e. The number of hydrogen-bond donors (Lipinski definition) is 1. The molecule has 0 spiro atoms. The molecule has 1 unspecified atom stereocenters. The van der Waals surface area contributed by atoms with E-state index in [1.807, 2.05) is 36.4 Å². The fourth-order valence-corrected chi connectivity index (χ4v) is 4.78. The first-order valence-corrected chi connectivity index (χ1v) is 13.8. The first-order chi connectivity index (χ1) is 15.3. The van der Waals surface area contributed by atoms with Crippen molar-refractivity contribution in [3.8, 4) is 10.9 Å². The van der Waals surface area contributed by atoms with Crippen molar-refractivity contribution >= 4 is 31.6 Å². The van der Waals surface area contributed by atoms with Gasteiger partial charge in [-0.3, -0.25) is 0 Å². The van der Waals surface area contributed by atoms with Crippen LogP contribution in [0.2, 0.25) is 0 Å². The van der Waals surface area contributed by atoms with Crippen LogP contribution in [-0.4, -0.2) is 50.7 Å². The molecule has 1 aromatic heterocycles. The highest BCUT2D eigenvalue weighted by Gasteiger charge is 2.11. The third kappa shape index (κ3) is 8.16. The SMILES string of the molecule is CCC(C)CN(CCCNS(C)(=O)=O)CCc1ccc(Oc2nc3ccccc3s2)cc1. The molecule has 174 valence electrons. The summed E-state index contributed by atoms with van der Waals surface area (Å²) in [4.78, 5) is 6.96. The van der Waals surface area contributed by atoms with Crippen molar-refractivity contribution in [1.29, 1.82) is 0 Å². The predicted molar refractivity (Wildman–Crippen MR) is 133 cm³/mol. The van der Waals surface area contributed by atoms with Gasteiger partial charge in [-0.2, -0.15) is 0 Å². The van der Waals surface area contributed by atoms with E-state index in [0.717, 1.165) is 54.9 Å². The zero-order valence-corrected chi connectivity index (χ0v) is 20.7. The Morgan fingerprint density at radius 3 is 2.56 bits per heavy atom. The molecule has 0 aliphatic rings. The van der Waals surface area contributed by atoms with Gasteiger partial charge in [0, 0.05) is 19.6 Å². The van der Waals surface area contributed by atoms with Gasteiger partial charge in [-0.15, -0.1) is 0 Å². The summed E-state index contributed by atoms with van der Waals surface area (Å²) in [7, 11) is -3.12. The van der Waals surface area contributed by atoms with E-state index in [9.17, 15) is 8.42 Å². The second-order valence-electron chi connectivity index (χ2n) is 8.28. The molecule has 1 N–H and O–H groups in total. The summed E-state index contributed by atoms with van der Waals surface area (Å²) in [6.45, 7) is 7.79. The number of fused-ring (bicyclic) bond motifs is 1. The van der Waals surface area contributed by atoms with Crippen LogP contribution in [0.4, 0.5) is 0 Å². The van der Waals surface area contributed by atoms with Crippen molar-refractivity contribution in [3.05, 3.63) is 54.1 Å². The number of rotatable bonds is 13. The van der Waals surface area contributed by atoms with Crippen LogP contribution in [0.25, 0.3) is 10.2 Å². The highest BCUT2D eigenvalue weighted by atomic mass is 32.2. The summed E-state index contributed by atoms with van der Waals surface area (Å²) in [5.74, 6) is 1.40. The minimum Gasteiger partial charge on any atom is -0.431 e. The Hall–Kier alpha value is -2.00. The Labute approximate surface area is 195 Å². The van der Waals surface area contributed by atoms with Crippen molar-refractivity contribution in [1.82, 2.24) is 14.6 Å². The van der Waals surface area contributed by atoms with Crippen molar-refractivity contribution in [3.63, 3.8) is 0 Å². The summed E-state index contributed by atoms with van der Waals surface area (Å²) in [6, 6.07) is 16.2. The lowest BCUT2D eigenvalue weighted by Crippen LogP contribution is -2.33. The maximum atomic E-state index is 11.3. The quantitative estimate of drug-likeness (QED) is 0.355. The Morgan fingerprint density at radius 2 is 1.88 bits per heavy atom. The highest BCUT2D eigenvalue weighted by molar-refractivity contribution is 7.88. The van der Waals surface area contributed by atoms with Gasteiger partial charge in [0.1, 0.15) is 5.75 Å². The summed E-state index contributed by atoms with van der Waals surface area (Å²) in [5, 5.41) is 0.654. The number of sulfonamides is 1. The van der Waals surface area contributed by atoms with Crippen LogP contribution in [0.5, 0.6) is 10.9 Å². The maximum Gasteiger partial charge on any atom is 0.279 e. The Kier molecular flexibility index (Phi) is 9.04. The molecular weight excluding hydrogens is 442 g/mol. The molecule has 0 radical (unpaired) electrons. The molecule has 3 aromatic rings. The van der Waals surface area contributed by atoms with Crippen molar-refractivity contribution < 1.29 is 13.2 Å². The van der Waals surface area contributed by atoms with Gasteiger partial charge in [0.05, 0.1) is 16.5 Å². The lowest BCUT2D eigenvalue weighted by molar-refractivity contribution is 0.235. The molecule has 1 heterocycles. The van der Waals surface area contributed by atoms with Gasteiger partial charge < -0.3 is 9.64 Å². The Morgan fingerprint density at radius 1 is 1.12 bits per heavy atom. The van der Waals surface area contributed by atoms with Gasteiger partial charge in [-0.1, -0.05) is 55.9 Å². The van der Waals surface area contributed by atoms with Crippen LogP contribution in [0, 0.1) is 5.92 Å². The monoisotopic (exact) mass is 475 g/mol. The standard InChI is InChI=1S/C24H33N3O3S2/c1-4-19(2)18-27(16-7-15-25-32(3,28)29)17-14-20-10-12-21(13-11-20)30-24-26-22-8-5-6-9-23(22)31-24/h5-6,8-13,19,25H,4,7,14-18H2,1-3H3. The molecule has 0 aliphatic carbocycles.